The molecular weight excluding hydrogens is 338 g/mol. The van der Waals surface area contributed by atoms with Crippen molar-refractivity contribution in [3.63, 3.8) is 0 Å². The van der Waals surface area contributed by atoms with Crippen LogP contribution in [-0.2, 0) is 0 Å². The molecule has 0 spiro atoms. The standard InChI is InChI=1S/C19H16ClN3O2/c1-13-10-15(12-21-17-4-3-5-19(11-17)23(24)25)14(2)22(13)18-8-6-16(20)7-9-18/h3-12H,1-2H3. The fourth-order valence-electron chi connectivity index (χ4n) is 2.74. The lowest BCUT2D eigenvalue weighted by molar-refractivity contribution is -0.384. The van der Waals surface area contributed by atoms with E-state index in [9.17, 15) is 10.1 Å². The number of hydrogen-bond donors (Lipinski definition) is 0. The zero-order valence-corrected chi connectivity index (χ0v) is 14.6. The molecule has 0 aliphatic carbocycles. The lowest BCUT2D eigenvalue weighted by atomic mass is 10.2. The van der Waals surface area contributed by atoms with E-state index in [4.69, 9.17) is 11.6 Å². The molecule has 2 aromatic carbocycles. The molecule has 0 aliphatic rings. The minimum atomic E-state index is -0.425. The Morgan fingerprint density at radius 1 is 1.12 bits per heavy atom. The van der Waals surface area contributed by atoms with Crippen molar-refractivity contribution in [1.29, 1.82) is 0 Å². The molecule has 0 fully saturated rings. The summed E-state index contributed by atoms with van der Waals surface area (Å²) in [7, 11) is 0. The molecule has 0 saturated carbocycles. The number of rotatable bonds is 4. The van der Waals surface area contributed by atoms with Crippen LogP contribution in [0.15, 0.2) is 59.6 Å². The van der Waals surface area contributed by atoms with Gasteiger partial charge in [-0.2, -0.15) is 0 Å². The molecular formula is C19H16ClN3O2. The summed E-state index contributed by atoms with van der Waals surface area (Å²) in [5.41, 5.74) is 4.66. The minimum absolute atomic E-state index is 0.0290. The highest BCUT2D eigenvalue weighted by Gasteiger charge is 2.10. The van der Waals surface area contributed by atoms with Gasteiger partial charge in [-0.25, -0.2) is 0 Å². The van der Waals surface area contributed by atoms with Gasteiger partial charge in [-0.3, -0.25) is 15.1 Å². The average molecular weight is 354 g/mol. The maximum Gasteiger partial charge on any atom is 0.271 e. The Balaban J connectivity index is 1.94. The van der Waals surface area contributed by atoms with Gasteiger partial charge < -0.3 is 4.57 Å². The number of aryl methyl sites for hydroxylation is 1. The molecule has 0 saturated heterocycles. The second-order valence-corrected chi connectivity index (χ2v) is 6.11. The van der Waals surface area contributed by atoms with Gasteiger partial charge in [0.15, 0.2) is 0 Å². The Hall–Kier alpha value is -2.92. The van der Waals surface area contributed by atoms with Crippen molar-refractivity contribution < 1.29 is 4.92 Å². The second-order valence-electron chi connectivity index (χ2n) is 5.67. The van der Waals surface area contributed by atoms with Crippen LogP contribution >= 0.6 is 11.6 Å². The molecule has 0 amide bonds. The van der Waals surface area contributed by atoms with E-state index in [1.807, 2.05) is 44.2 Å². The zero-order valence-electron chi connectivity index (χ0n) is 13.8. The summed E-state index contributed by atoms with van der Waals surface area (Å²) in [5, 5.41) is 11.5. The van der Waals surface area contributed by atoms with Crippen molar-refractivity contribution in [2.24, 2.45) is 4.99 Å². The summed E-state index contributed by atoms with van der Waals surface area (Å²) < 4.78 is 2.12. The van der Waals surface area contributed by atoms with Gasteiger partial charge in [-0.15, -0.1) is 0 Å². The smallest absolute Gasteiger partial charge is 0.271 e. The Morgan fingerprint density at radius 3 is 2.52 bits per heavy atom. The summed E-state index contributed by atoms with van der Waals surface area (Å²) in [6.45, 7) is 4.03. The number of aromatic nitrogens is 1. The average Bonchev–Trinajstić information content (AvgIpc) is 2.88. The summed E-state index contributed by atoms with van der Waals surface area (Å²) in [4.78, 5) is 14.8. The van der Waals surface area contributed by atoms with Gasteiger partial charge in [0, 0.05) is 46.0 Å². The fourth-order valence-corrected chi connectivity index (χ4v) is 2.86. The molecule has 0 aliphatic heterocycles. The predicted molar refractivity (Wildman–Crippen MR) is 101 cm³/mol. The van der Waals surface area contributed by atoms with Crippen molar-refractivity contribution in [1.82, 2.24) is 4.57 Å². The van der Waals surface area contributed by atoms with Gasteiger partial charge in [-0.1, -0.05) is 17.7 Å². The number of non-ortho nitro benzene ring substituents is 1. The molecule has 1 heterocycles. The largest absolute Gasteiger partial charge is 0.318 e. The number of halogens is 1. The summed E-state index contributed by atoms with van der Waals surface area (Å²) in [6, 6.07) is 15.9. The topological polar surface area (TPSA) is 60.4 Å². The van der Waals surface area contributed by atoms with Gasteiger partial charge in [0.1, 0.15) is 0 Å². The summed E-state index contributed by atoms with van der Waals surface area (Å²) in [5.74, 6) is 0. The monoisotopic (exact) mass is 353 g/mol. The van der Waals surface area contributed by atoms with Gasteiger partial charge in [-0.05, 0) is 50.2 Å². The van der Waals surface area contributed by atoms with Gasteiger partial charge in [0.05, 0.1) is 10.6 Å². The van der Waals surface area contributed by atoms with Crippen LogP contribution in [-0.4, -0.2) is 15.7 Å². The number of aliphatic imine (C=N–C) groups is 1. The highest BCUT2D eigenvalue weighted by molar-refractivity contribution is 6.30. The number of nitro benzene ring substituents is 1. The van der Waals surface area contributed by atoms with E-state index in [2.05, 4.69) is 9.56 Å². The number of hydrogen-bond acceptors (Lipinski definition) is 3. The number of benzene rings is 2. The van der Waals surface area contributed by atoms with Crippen LogP contribution < -0.4 is 0 Å². The van der Waals surface area contributed by atoms with E-state index in [0.29, 0.717) is 10.7 Å². The molecule has 0 radical (unpaired) electrons. The quantitative estimate of drug-likeness (QED) is 0.358. The summed E-state index contributed by atoms with van der Waals surface area (Å²) in [6.07, 6.45) is 1.73. The van der Waals surface area contributed by atoms with E-state index in [1.165, 1.54) is 12.1 Å². The zero-order chi connectivity index (χ0) is 18.0. The van der Waals surface area contributed by atoms with Crippen LogP contribution in [0.1, 0.15) is 17.0 Å². The predicted octanol–water partition coefficient (Wildman–Crippen LogP) is 5.41. The Kier molecular flexibility index (Phi) is 4.67. The molecule has 3 aromatic rings. The van der Waals surface area contributed by atoms with E-state index < -0.39 is 4.92 Å². The van der Waals surface area contributed by atoms with Gasteiger partial charge in [0.2, 0.25) is 0 Å². The Bertz CT molecular complexity index is 959. The van der Waals surface area contributed by atoms with Crippen LogP contribution in [0.25, 0.3) is 5.69 Å². The first-order chi connectivity index (χ1) is 12.0. The van der Waals surface area contributed by atoms with Crippen molar-refractivity contribution in [2.75, 3.05) is 0 Å². The molecule has 3 rings (SSSR count). The van der Waals surface area contributed by atoms with Gasteiger partial charge >= 0.3 is 0 Å². The van der Waals surface area contributed by atoms with E-state index in [1.54, 1.807) is 18.3 Å². The normalized spacial score (nSPS) is 11.2. The Morgan fingerprint density at radius 2 is 1.84 bits per heavy atom. The van der Waals surface area contributed by atoms with E-state index >= 15 is 0 Å². The summed E-state index contributed by atoms with van der Waals surface area (Å²) >= 11 is 5.96. The SMILES string of the molecule is Cc1cc(C=Nc2cccc([N+](=O)[O-])c2)c(C)n1-c1ccc(Cl)cc1. The molecule has 5 nitrogen and oxygen atoms in total. The van der Waals surface area contributed by atoms with Crippen LogP contribution in [0.3, 0.4) is 0 Å². The maximum atomic E-state index is 10.9. The Labute approximate surface area is 150 Å². The minimum Gasteiger partial charge on any atom is -0.318 e. The van der Waals surface area contributed by atoms with E-state index in [-0.39, 0.29) is 5.69 Å². The lowest BCUT2D eigenvalue weighted by Gasteiger charge is -2.09. The highest BCUT2D eigenvalue weighted by Crippen LogP contribution is 2.23. The van der Waals surface area contributed by atoms with Crippen LogP contribution in [0, 0.1) is 24.0 Å². The molecule has 0 N–H and O–H groups in total. The highest BCUT2D eigenvalue weighted by atomic mass is 35.5. The first kappa shape index (κ1) is 16.9. The maximum absolute atomic E-state index is 10.9. The first-order valence-corrected chi connectivity index (χ1v) is 8.07. The molecule has 0 bridgehead atoms. The third kappa shape index (κ3) is 3.61. The third-order valence-corrected chi connectivity index (χ3v) is 4.20. The van der Waals surface area contributed by atoms with Crippen molar-refractivity contribution in [3.05, 3.63) is 86.7 Å². The van der Waals surface area contributed by atoms with Crippen molar-refractivity contribution in [2.45, 2.75) is 13.8 Å². The molecule has 1 aromatic heterocycles. The van der Waals surface area contributed by atoms with Crippen LogP contribution in [0.2, 0.25) is 5.02 Å². The number of nitro groups is 1. The fraction of sp³-hybridized carbons (Fsp3) is 0.105. The van der Waals surface area contributed by atoms with Gasteiger partial charge in [0.25, 0.3) is 5.69 Å². The molecule has 25 heavy (non-hydrogen) atoms. The van der Waals surface area contributed by atoms with E-state index in [0.717, 1.165) is 22.6 Å². The first-order valence-electron chi connectivity index (χ1n) is 7.69. The van der Waals surface area contributed by atoms with Crippen LogP contribution in [0.5, 0.6) is 0 Å². The van der Waals surface area contributed by atoms with Crippen LogP contribution in [0.4, 0.5) is 11.4 Å². The number of nitrogens with zero attached hydrogens (tertiary/aromatic N) is 3. The van der Waals surface area contributed by atoms with Crippen molar-refractivity contribution in [3.8, 4) is 5.69 Å². The third-order valence-electron chi connectivity index (χ3n) is 3.95. The molecule has 6 heteroatoms. The molecule has 0 unspecified atom stereocenters. The van der Waals surface area contributed by atoms with Crippen molar-refractivity contribution >= 4 is 29.2 Å². The molecule has 0 atom stereocenters. The molecule has 126 valence electrons. The second kappa shape index (κ2) is 6.91. The lowest BCUT2D eigenvalue weighted by Crippen LogP contribution is -1.99.